The van der Waals surface area contributed by atoms with Gasteiger partial charge in [-0.05, 0) is 54.3 Å². The Labute approximate surface area is 111 Å². The molecule has 0 aliphatic rings. The van der Waals surface area contributed by atoms with Crippen LogP contribution in [0.4, 0.5) is 4.39 Å². The molecule has 0 radical (unpaired) electrons. The van der Waals surface area contributed by atoms with Crippen LogP contribution in [0, 0.1) is 19.7 Å². The zero-order valence-corrected chi connectivity index (χ0v) is 11.0. The predicted octanol–water partition coefficient (Wildman–Crippen LogP) is 4.18. The Morgan fingerprint density at radius 3 is 2.56 bits per heavy atom. The Balaban J connectivity index is 2.47. The highest BCUT2D eigenvalue weighted by Gasteiger charge is 2.15. The summed E-state index contributed by atoms with van der Waals surface area (Å²) in [4.78, 5) is 0. The second kappa shape index (κ2) is 5.09. The third kappa shape index (κ3) is 2.55. The maximum atomic E-state index is 13.3. The van der Waals surface area contributed by atoms with E-state index in [1.54, 1.807) is 6.07 Å². The molecule has 3 heteroatoms. The van der Waals surface area contributed by atoms with Crippen LogP contribution in [-0.4, -0.2) is 5.11 Å². The van der Waals surface area contributed by atoms with Crippen molar-refractivity contribution in [1.82, 2.24) is 0 Å². The van der Waals surface area contributed by atoms with Crippen LogP contribution in [0.2, 0.25) is 5.02 Å². The molecule has 0 saturated carbocycles. The largest absolute Gasteiger partial charge is 0.384 e. The first-order valence-electron chi connectivity index (χ1n) is 5.69. The molecule has 0 aliphatic heterocycles. The molecule has 0 bridgehead atoms. The quantitative estimate of drug-likeness (QED) is 0.863. The maximum Gasteiger partial charge on any atom is 0.125 e. The lowest BCUT2D eigenvalue weighted by Gasteiger charge is -2.16. The molecule has 1 nitrogen and oxygen atoms in total. The molecule has 2 aromatic carbocycles. The van der Waals surface area contributed by atoms with Gasteiger partial charge in [0.2, 0.25) is 0 Å². The summed E-state index contributed by atoms with van der Waals surface area (Å²) in [6, 6.07) is 9.80. The second-order valence-corrected chi connectivity index (χ2v) is 4.83. The Kier molecular flexibility index (Phi) is 3.69. The number of aryl methyl sites for hydroxylation is 1. The summed E-state index contributed by atoms with van der Waals surface area (Å²) in [6.45, 7) is 3.92. The van der Waals surface area contributed by atoms with Crippen molar-refractivity contribution >= 4 is 11.6 Å². The summed E-state index contributed by atoms with van der Waals surface area (Å²) >= 11 is 5.80. The van der Waals surface area contributed by atoms with Crippen molar-refractivity contribution in [1.29, 1.82) is 0 Å². The van der Waals surface area contributed by atoms with Crippen LogP contribution in [0.3, 0.4) is 0 Å². The lowest BCUT2D eigenvalue weighted by molar-refractivity contribution is 0.219. The van der Waals surface area contributed by atoms with Crippen molar-refractivity contribution in [3.05, 3.63) is 69.5 Å². The van der Waals surface area contributed by atoms with Gasteiger partial charge < -0.3 is 5.11 Å². The minimum absolute atomic E-state index is 0.286. The van der Waals surface area contributed by atoms with Crippen molar-refractivity contribution in [2.45, 2.75) is 20.0 Å². The van der Waals surface area contributed by atoms with E-state index in [0.717, 1.165) is 16.7 Å². The first-order chi connectivity index (χ1) is 8.49. The predicted molar refractivity (Wildman–Crippen MR) is 71.4 cm³/mol. The minimum Gasteiger partial charge on any atom is -0.384 e. The number of hydrogen-bond acceptors (Lipinski definition) is 1. The monoisotopic (exact) mass is 264 g/mol. The molecular weight excluding hydrogens is 251 g/mol. The highest BCUT2D eigenvalue weighted by Crippen LogP contribution is 2.28. The third-order valence-corrected chi connectivity index (χ3v) is 3.36. The summed E-state index contributed by atoms with van der Waals surface area (Å²) in [5.74, 6) is -0.443. The van der Waals surface area contributed by atoms with Gasteiger partial charge in [-0.1, -0.05) is 29.8 Å². The summed E-state index contributed by atoms with van der Waals surface area (Å²) in [7, 11) is 0. The van der Waals surface area contributed by atoms with E-state index in [9.17, 15) is 9.50 Å². The van der Waals surface area contributed by atoms with E-state index >= 15 is 0 Å². The molecule has 0 saturated heterocycles. The van der Waals surface area contributed by atoms with Crippen LogP contribution in [0.25, 0.3) is 0 Å². The van der Waals surface area contributed by atoms with Crippen molar-refractivity contribution in [2.24, 2.45) is 0 Å². The van der Waals surface area contributed by atoms with Crippen molar-refractivity contribution < 1.29 is 9.50 Å². The molecule has 0 aromatic heterocycles. The Morgan fingerprint density at radius 1 is 1.17 bits per heavy atom. The highest BCUT2D eigenvalue weighted by atomic mass is 35.5. The normalized spacial score (nSPS) is 12.5. The fourth-order valence-electron chi connectivity index (χ4n) is 1.98. The summed E-state index contributed by atoms with van der Waals surface area (Å²) < 4.78 is 13.3. The molecule has 1 atom stereocenters. The van der Waals surface area contributed by atoms with E-state index in [1.165, 1.54) is 12.1 Å². The van der Waals surface area contributed by atoms with E-state index in [-0.39, 0.29) is 5.02 Å². The molecular formula is C15H14ClFO. The van der Waals surface area contributed by atoms with Crippen LogP contribution in [0.15, 0.2) is 36.4 Å². The smallest absolute Gasteiger partial charge is 0.125 e. The van der Waals surface area contributed by atoms with E-state index in [1.807, 2.05) is 32.0 Å². The van der Waals surface area contributed by atoms with Gasteiger partial charge in [0.05, 0.1) is 0 Å². The number of aliphatic hydroxyl groups is 1. The first kappa shape index (κ1) is 13.1. The third-order valence-electron chi connectivity index (χ3n) is 3.14. The van der Waals surface area contributed by atoms with Gasteiger partial charge in [0, 0.05) is 5.02 Å². The Morgan fingerprint density at radius 2 is 1.89 bits per heavy atom. The minimum atomic E-state index is -0.863. The number of hydrogen-bond donors (Lipinski definition) is 1. The number of rotatable bonds is 2. The molecule has 94 valence electrons. The molecule has 0 fully saturated rings. The van der Waals surface area contributed by atoms with E-state index in [2.05, 4.69) is 0 Å². The highest BCUT2D eigenvalue weighted by molar-refractivity contribution is 6.30. The number of benzene rings is 2. The van der Waals surface area contributed by atoms with Gasteiger partial charge in [0.25, 0.3) is 0 Å². The second-order valence-electron chi connectivity index (χ2n) is 4.39. The molecule has 1 N–H and O–H groups in total. The zero-order chi connectivity index (χ0) is 13.3. The summed E-state index contributed by atoms with van der Waals surface area (Å²) in [5.41, 5.74) is 3.34. The van der Waals surface area contributed by atoms with Crippen LogP contribution < -0.4 is 0 Å². The maximum absolute atomic E-state index is 13.3. The van der Waals surface area contributed by atoms with E-state index < -0.39 is 11.9 Å². The summed E-state index contributed by atoms with van der Waals surface area (Å²) in [5, 5.41) is 10.6. The first-order valence-corrected chi connectivity index (χ1v) is 6.07. The Hall–Kier alpha value is -1.38. The molecule has 2 aromatic rings. The fraction of sp³-hybridized carbons (Fsp3) is 0.200. The van der Waals surface area contributed by atoms with Crippen LogP contribution >= 0.6 is 11.6 Å². The molecule has 0 spiro atoms. The van der Waals surface area contributed by atoms with Crippen molar-refractivity contribution in [2.75, 3.05) is 0 Å². The SMILES string of the molecule is Cc1cccc(C(O)c2cc(F)cc(Cl)c2)c1C. The standard InChI is InChI=1S/C15H14ClFO/c1-9-4-3-5-14(10(9)2)15(18)11-6-12(16)8-13(17)7-11/h3-8,15,18H,1-2H3. The average molecular weight is 265 g/mol. The lowest BCUT2D eigenvalue weighted by atomic mass is 9.95. The number of aliphatic hydroxyl groups excluding tert-OH is 1. The molecule has 18 heavy (non-hydrogen) atoms. The van der Waals surface area contributed by atoms with Gasteiger partial charge in [-0.3, -0.25) is 0 Å². The Bertz CT molecular complexity index is 560. The fourth-order valence-corrected chi connectivity index (χ4v) is 2.21. The topological polar surface area (TPSA) is 20.2 Å². The van der Waals surface area contributed by atoms with Crippen molar-refractivity contribution in [3.63, 3.8) is 0 Å². The van der Waals surface area contributed by atoms with Crippen LogP contribution in [-0.2, 0) is 0 Å². The van der Waals surface area contributed by atoms with Gasteiger partial charge in [0.1, 0.15) is 11.9 Å². The molecule has 0 amide bonds. The van der Waals surface area contributed by atoms with Gasteiger partial charge in [-0.25, -0.2) is 4.39 Å². The average Bonchev–Trinajstić information content (AvgIpc) is 2.30. The van der Waals surface area contributed by atoms with Gasteiger partial charge in [0.15, 0.2) is 0 Å². The number of halogens is 2. The van der Waals surface area contributed by atoms with Crippen molar-refractivity contribution in [3.8, 4) is 0 Å². The van der Waals surface area contributed by atoms with Crippen LogP contribution in [0.5, 0.6) is 0 Å². The summed E-state index contributed by atoms with van der Waals surface area (Å²) in [6.07, 6.45) is -0.863. The van der Waals surface area contributed by atoms with E-state index in [0.29, 0.717) is 5.56 Å². The van der Waals surface area contributed by atoms with Gasteiger partial charge >= 0.3 is 0 Å². The lowest BCUT2D eigenvalue weighted by Crippen LogP contribution is -2.03. The molecule has 1 unspecified atom stereocenters. The zero-order valence-electron chi connectivity index (χ0n) is 10.2. The molecule has 0 aliphatic carbocycles. The molecule has 0 heterocycles. The van der Waals surface area contributed by atoms with Gasteiger partial charge in [-0.2, -0.15) is 0 Å². The van der Waals surface area contributed by atoms with Crippen LogP contribution in [0.1, 0.15) is 28.4 Å². The molecule has 2 rings (SSSR count). The van der Waals surface area contributed by atoms with Gasteiger partial charge in [-0.15, -0.1) is 0 Å². The van der Waals surface area contributed by atoms with E-state index in [4.69, 9.17) is 11.6 Å².